The number of β-amino-alcohol motifs (C(OH)–C–C–N with tert-alkyl or cyclic N) is 1. The lowest BCUT2D eigenvalue weighted by atomic mass is 10.1. The average Bonchev–Trinajstić information content (AvgIpc) is 2.38. The molecule has 1 aliphatic heterocycles. The molecule has 1 heterocycles. The average molecular weight is 252 g/mol. The zero-order chi connectivity index (χ0) is 13.0. The molecule has 0 aliphatic carbocycles. The molecule has 0 radical (unpaired) electrons. The Morgan fingerprint density at radius 3 is 2.83 bits per heavy atom. The van der Waals surface area contributed by atoms with Gasteiger partial charge in [-0.2, -0.15) is 0 Å². The number of benzene rings is 1. The van der Waals surface area contributed by atoms with Crippen molar-refractivity contribution in [1.29, 1.82) is 0 Å². The number of nitrogens with zero attached hydrogens (tertiary/aromatic N) is 1. The molecule has 0 bridgehead atoms. The highest BCUT2D eigenvalue weighted by Crippen LogP contribution is 2.10. The summed E-state index contributed by atoms with van der Waals surface area (Å²) in [5, 5.41) is 12.2. The molecule has 98 valence electrons. The second-order valence-electron chi connectivity index (χ2n) is 4.53. The van der Waals surface area contributed by atoms with Crippen LogP contribution < -0.4 is 5.32 Å². The molecular weight excluding hydrogens is 235 g/mol. The van der Waals surface area contributed by atoms with E-state index in [1.807, 2.05) is 0 Å². The first-order chi connectivity index (χ1) is 8.65. The Balaban J connectivity index is 1.82. The van der Waals surface area contributed by atoms with Gasteiger partial charge in [0.2, 0.25) is 0 Å². The van der Waals surface area contributed by atoms with Gasteiger partial charge in [0.1, 0.15) is 5.82 Å². The van der Waals surface area contributed by atoms with Crippen LogP contribution in [0.3, 0.4) is 0 Å². The van der Waals surface area contributed by atoms with Gasteiger partial charge in [-0.05, 0) is 30.5 Å². The summed E-state index contributed by atoms with van der Waals surface area (Å²) in [5.41, 5.74) is 0.849. The molecule has 4 nitrogen and oxygen atoms in total. The molecule has 1 atom stereocenters. The predicted octanol–water partition coefficient (Wildman–Crippen LogP) is 1.49. The van der Waals surface area contributed by atoms with Crippen LogP contribution in [-0.4, -0.2) is 35.2 Å². The maximum absolute atomic E-state index is 12.7. The van der Waals surface area contributed by atoms with E-state index in [0.29, 0.717) is 19.6 Å². The number of carbonyl (C=O) groups excluding carboxylic acids is 1. The second-order valence-corrected chi connectivity index (χ2v) is 4.53. The first-order valence-electron chi connectivity index (χ1n) is 6.10. The fourth-order valence-corrected chi connectivity index (χ4v) is 2.03. The van der Waals surface area contributed by atoms with Gasteiger partial charge in [-0.25, -0.2) is 9.18 Å². The lowest BCUT2D eigenvalue weighted by molar-refractivity contribution is 0.0842. The summed E-state index contributed by atoms with van der Waals surface area (Å²) < 4.78 is 12.7. The highest BCUT2D eigenvalue weighted by molar-refractivity contribution is 5.74. The maximum atomic E-state index is 12.7. The molecule has 18 heavy (non-hydrogen) atoms. The topological polar surface area (TPSA) is 52.6 Å². The lowest BCUT2D eigenvalue weighted by Crippen LogP contribution is -2.46. The summed E-state index contributed by atoms with van der Waals surface area (Å²) >= 11 is 0. The summed E-state index contributed by atoms with van der Waals surface area (Å²) in [6, 6.07) is 5.83. The second kappa shape index (κ2) is 5.82. The van der Waals surface area contributed by atoms with Gasteiger partial charge >= 0.3 is 6.03 Å². The number of aliphatic hydroxyl groups is 1. The summed E-state index contributed by atoms with van der Waals surface area (Å²) in [6.45, 7) is 1.42. The van der Waals surface area contributed by atoms with Crippen molar-refractivity contribution in [3.63, 3.8) is 0 Å². The number of piperidine rings is 1. The molecule has 1 saturated heterocycles. The van der Waals surface area contributed by atoms with Crippen LogP contribution in [0.2, 0.25) is 0 Å². The molecule has 2 rings (SSSR count). The molecular formula is C13H17FN2O2. The van der Waals surface area contributed by atoms with E-state index in [1.165, 1.54) is 12.1 Å². The Hall–Kier alpha value is -1.62. The number of carbonyl (C=O) groups is 1. The molecule has 0 spiro atoms. The van der Waals surface area contributed by atoms with Crippen molar-refractivity contribution in [2.45, 2.75) is 25.5 Å². The maximum Gasteiger partial charge on any atom is 0.317 e. The van der Waals surface area contributed by atoms with E-state index in [9.17, 15) is 14.3 Å². The number of hydrogen-bond donors (Lipinski definition) is 2. The number of aliphatic hydroxyl groups excluding tert-OH is 1. The van der Waals surface area contributed by atoms with E-state index in [0.717, 1.165) is 18.4 Å². The van der Waals surface area contributed by atoms with Crippen LogP contribution in [0.1, 0.15) is 18.4 Å². The van der Waals surface area contributed by atoms with Crippen LogP contribution in [0, 0.1) is 5.82 Å². The highest BCUT2D eigenvalue weighted by atomic mass is 19.1. The number of urea groups is 1. The third-order valence-corrected chi connectivity index (χ3v) is 3.04. The minimum absolute atomic E-state index is 0.182. The molecule has 5 heteroatoms. The van der Waals surface area contributed by atoms with E-state index < -0.39 is 6.10 Å². The van der Waals surface area contributed by atoms with Crippen LogP contribution in [0.5, 0.6) is 0 Å². The fourth-order valence-electron chi connectivity index (χ4n) is 2.03. The molecule has 0 saturated carbocycles. The monoisotopic (exact) mass is 252 g/mol. The molecule has 1 unspecified atom stereocenters. The van der Waals surface area contributed by atoms with Crippen molar-refractivity contribution in [2.75, 3.05) is 13.1 Å². The van der Waals surface area contributed by atoms with E-state index in [-0.39, 0.29) is 11.8 Å². The first-order valence-corrected chi connectivity index (χ1v) is 6.10. The Morgan fingerprint density at radius 1 is 1.44 bits per heavy atom. The molecule has 2 N–H and O–H groups in total. The van der Waals surface area contributed by atoms with Crippen LogP contribution in [0.15, 0.2) is 24.3 Å². The van der Waals surface area contributed by atoms with Gasteiger partial charge in [0.15, 0.2) is 0 Å². The molecule has 0 aromatic heterocycles. The van der Waals surface area contributed by atoms with Gasteiger partial charge in [0, 0.05) is 19.6 Å². The number of nitrogens with one attached hydrogen (secondary N) is 1. The highest BCUT2D eigenvalue weighted by Gasteiger charge is 2.21. The Morgan fingerprint density at radius 2 is 2.17 bits per heavy atom. The summed E-state index contributed by atoms with van der Waals surface area (Å²) in [4.78, 5) is 13.4. The van der Waals surface area contributed by atoms with Gasteiger partial charge in [-0.1, -0.05) is 12.1 Å². The zero-order valence-electron chi connectivity index (χ0n) is 10.1. The molecule has 1 aliphatic rings. The number of halogens is 1. The van der Waals surface area contributed by atoms with Crippen LogP contribution >= 0.6 is 0 Å². The normalized spacial score (nSPS) is 19.7. The van der Waals surface area contributed by atoms with E-state index >= 15 is 0 Å². The number of rotatable bonds is 2. The minimum atomic E-state index is -0.421. The zero-order valence-corrected chi connectivity index (χ0v) is 10.1. The number of amides is 2. The molecule has 2 amide bonds. The summed E-state index contributed by atoms with van der Waals surface area (Å²) in [7, 11) is 0. The standard InChI is InChI=1S/C13H17FN2O2/c14-11-5-3-10(4-6-11)8-15-13(18)16-7-1-2-12(17)9-16/h3-6,12,17H,1-2,7-9H2,(H,15,18). The van der Waals surface area contributed by atoms with Crippen LogP contribution in [-0.2, 0) is 6.54 Å². The number of hydrogen-bond acceptors (Lipinski definition) is 2. The largest absolute Gasteiger partial charge is 0.391 e. The van der Waals surface area contributed by atoms with Crippen LogP contribution in [0.25, 0.3) is 0 Å². The smallest absolute Gasteiger partial charge is 0.317 e. The quantitative estimate of drug-likeness (QED) is 0.838. The third kappa shape index (κ3) is 3.43. The Bertz CT molecular complexity index is 408. The third-order valence-electron chi connectivity index (χ3n) is 3.04. The van der Waals surface area contributed by atoms with Crippen molar-refractivity contribution in [2.24, 2.45) is 0 Å². The summed E-state index contributed by atoms with van der Waals surface area (Å²) in [6.07, 6.45) is 1.16. The van der Waals surface area contributed by atoms with Crippen molar-refractivity contribution < 1.29 is 14.3 Å². The Labute approximate surface area is 105 Å². The van der Waals surface area contributed by atoms with Crippen molar-refractivity contribution in [3.8, 4) is 0 Å². The van der Waals surface area contributed by atoms with Crippen molar-refractivity contribution in [3.05, 3.63) is 35.6 Å². The lowest BCUT2D eigenvalue weighted by Gasteiger charge is -2.30. The predicted molar refractivity (Wildman–Crippen MR) is 65.4 cm³/mol. The number of likely N-dealkylation sites (tertiary alicyclic amines) is 1. The van der Waals surface area contributed by atoms with Gasteiger partial charge in [0.25, 0.3) is 0 Å². The van der Waals surface area contributed by atoms with Crippen LogP contribution in [0.4, 0.5) is 9.18 Å². The summed E-state index contributed by atoms with van der Waals surface area (Å²) in [5.74, 6) is -0.288. The van der Waals surface area contributed by atoms with Gasteiger partial charge < -0.3 is 15.3 Å². The molecule has 1 aromatic carbocycles. The molecule has 1 fully saturated rings. The van der Waals surface area contributed by atoms with Gasteiger partial charge in [-0.15, -0.1) is 0 Å². The van der Waals surface area contributed by atoms with Gasteiger partial charge in [0.05, 0.1) is 6.10 Å². The van der Waals surface area contributed by atoms with Crippen molar-refractivity contribution in [1.82, 2.24) is 10.2 Å². The van der Waals surface area contributed by atoms with Crippen molar-refractivity contribution >= 4 is 6.03 Å². The van der Waals surface area contributed by atoms with Gasteiger partial charge in [-0.3, -0.25) is 0 Å². The Kier molecular flexibility index (Phi) is 4.15. The SMILES string of the molecule is O=C(NCc1ccc(F)cc1)N1CCCC(O)C1. The van der Waals surface area contributed by atoms with E-state index in [2.05, 4.69) is 5.32 Å². The van der Waals surface area contributed by atoms with E-state index in [1.54, 1.807) is 17.0 Å². The minimum Gasteiger partial charge on any atom is -0.391 e. The fraction of sp³-hybridized carbons (Fsp3) is 0.462. The molecule has 1 aromatic rings. The first kappa shape index (κ1) is 12.8. The van der Waals surface area contributed by atoms with E-state index in [4.69, 9.17) is 0 Å².